The second-order valence-electron chi connectivity index (χ2n) is 7.88. The Hall–Kier alpha value is -2.86. The number of aromatic nitrogens is 1. The number of para-hydroxylation sites is 2. The van der Waals surface area contributed by atoms with Crippen LogP contribution in [0, 0.1) is 6.92 Å². The summed E-state index contributed by atoms with van der Waals surface area (Å²) in [6.07, 6.45) is 2.84. The molecule has 1 fully saturated rings. The highest BCUT2D eigenvalue weighted by Crippen LogP contribution is 2.39. The van der Waals surface area contributed by atoms with Gasteiger partial charge in [-0.1, -0.05) is 48.9 Å². The smallest absolute Gasteiger partial charge is 0.245 e. The van der Waals surface area contributed by atoms with Crippen LogP contribution in [-0.4, -0.2) is 42.0 Å². The molecule has 1 aliphatic heterocycles. The van der Waals surface area contributed by atoms with Gasteiger partial charge in [-0.25, -0.2) is 4.98 Å². The molecule has 0 spiro atoms. The summed E-state index contributed by atoms with van der Waals surface area (Å²) in [5.41, 5.74) is 4.08. The molecule has 1 aliphatic rings. The first-order valence-electron chi connectivity index (χ1n) is 10.9. The SMILES string of the molecule is CCC(C(=O)N1CCCC1)N(c1nc(-c2ccc(C)cc2)cs1)c1ccccc1OC. The maximum Gasteiger partial charge on any atom is 0.245 e. The van der Waals surface area contributed by atoms with Crippen molar-refractivity contribution in [2.45, 2.75) is 39.2 Å². The van der Waals surface area contributed by atoms with Gasteiger partial charge in [-0.15, -0.1) is 11.3 Å². The van der Waals surface area contributed by atoms with Crippen LogP contribution in [0.3, 0.4) is 0 Å². The molecule has 0 N–H and O–H groups in total. The number of likely N-dealkylation sites (tertiary alicyclic amines) is 1. The van der Waals surface area contributed by atoms with Crippen LogP contribution in [0.4, 0.5) is 10.8 Å². The number of anilines is 2. The minimum atomic E-state index is -0.327. The van der Waals surface area contributed by atoms with E-state index in [1.807, 2.05) is 29.2 Å². The Bertz CT molecular complexity index is 1030. The number of thiazole rings is 1. The van der Waals surface area contributed by atoms with E-state index in [2.05, 4.69) is 48.4 Å². The predicted octanol–water partition coefficient (Wildman–Crippen LogP) is 5.67. The van der Waals surface area contributed by atoms with E-state index in [1.165, 1.54) is 5.56 Å². The van der Waals surface area contributed by atoms with Crippen LogP contribution in [0.5, 0.6) is 5.75 Å². The molecule has 5 nitrogen and oxygen atoms in total. The molecule has 1 aromatic heterocycles. The number of carbonyl (C=O) groups excluding carboxylic acids is 1. The zero-order valence-electron chi connectivity index (χ0n) is 18.4. The van der Waals surface area contributed by atoms with E-state index in [1.54, 1.807) is 18.4 Å². The number of ether oxygens (including phenoxy) is 1. The van der Waals surface area contributed by atoms with Crippen molar-refractivity contribution >= 4 is 28.1 Å². The first-order valence-corrected chi connectivity index (χ1v) is 11.7. The molecule has 4 rings (SSSR count). The third-order valence-corrected chi connectivity index (χ3v) is 6.63. The molecule has 2 aromatic carbocycles. The average molecular weight is 436 g/mol. The third kappa shape index (κ3) is 4.44. The molecule has 0 bridgehead atoms. The Morgan fingerprint density at radius 1 is 1.16 bits per heavy atom. The van der Waals surface area contributed by atoms with E-state index in [4.69, 9.17) is 9.72 Å². The fourth-order valence-corrected chi connectivity index (χ4v) is 4.98. The minimum Gasteiger partial charge on any atom is -0.495 e. The van der Waals surface area contributed by atoms with Crippen molar-refractivity contribution in [3.05, 3.63) is 59.5 Å². The third-order valence-electron chi connectivity index (χ3n) is 5.79. The van der Waals surface area contributed by atoms with Crippen LogP contribution >= 0.6 is 11.3 Å². The maximum atomic E-state index is 13.5. The number of carbonyl (C=O) groups is 1. The summed E-state index contributed by atoms with van der Waals surface area (Å²) in [6, 6.07) is 15.9. The fourth-order valence-electron chi connectivity index (χ4n) is 4.08. The molecular formula is C25H29N3O2S. The van der Waals surface area contributed by atoms with Crippen molar-refractivity contribution in [2.24, 2.45) is 0 Å². The fraction of sp³-hybridized carbons (Fsp3) is 0.360. The number of hydrogen-bond donors (Lipinski definition) is 0. The summed E-state index contributed by atoms with van der Waals surface area (Å²) in [5.74, 6) is 0.903. The van der Waals surface area contributed by atoms with Crippen molar-refractivity contribution in [2.75, 3.05) is 25.1 Å². The molecule has 1 saturated heterocycles. The molecule has 162 valence electrons. The first kappa shape index (κ1) is 21.4. The summed E-state index contributed by atoms with van der Waals surface area (Å²) < 4.78 is 5.66. The van der Waals surface area contributed by atoms with Crippen molar-refractivity contribution in [3.63, 3.8) is 0 Å². The lowest BCUT2D eigenvalue weighted by Crippen LogP contribution is -2.46. The van der Waals surface area contributed by atoms with Gasteiger partial charge < -0.3 is 14.5 Å². The topological polar surface area (TPSA) is 45.7 Å². The molecule has 1 unspecified atom stereocenters. The van der Waals surface area contributed by atoms with Gasteiger partial charge in [-0.3, -0.25) is 4.79 Å². The van der Waals surface area contributed by atoms with Crippen LogP contribution in [0.2, 0.25) is 0 Å². The van der Waals surface area contributed by atoms with Gasteiger partial charge in [0.25, 0.3) is 0 Å². The second kappa shape index (κ2) is 9.52. The van der Waals surface area contributed by atoms with Crippen LogP contribution in [-0.2, 0) is 4.79 Å². The number of methoxy groups -OCH3 is 1. The molecule has 6 heteroatoms. The van der Waals surface area contributed by atoms with Gasteiger partial charge in [-0.2, -0.15) is 0 Å². The highest BCUT2D eigenvalue weighted by molar-refractivity contribution is 7.14. The number of aryl methyl sites for hydroxylation is 1. The summed E-state index contributed by atoms with van der Waals surface area (Å²) in [5, 5.41) is 2.87. The predicted molar refractivity (Wildman–Crippen MR) is 127 cm³/mol. The van der Waals surface area contributed by atoms with Gasteiger partial charge in [0.05, 0.1) is 18.5 Å². The summed E-state index contributed by atoms with van der Waals surface area (Å²) in [7, 11) is 1.67. The molecular weight excluding hydrogens is 406 g/mol. The van der Waals surface area contributed by atoms with E-state index in [-0.39, 0.29) is 11.9 Å². The van der Waals surface area contributed by atoms with Crippen molar-refractivity contribution in [3.8, 4) is 17.0 Å². The quantitative estimate of drug-likeness (QED) is 0.480. The normalized spacial score (nSPS) is 14.5. The Kier molecular flexibility index (Phi) is 6.56. The Morgan fingerprint density at radius 2 is 1.87 bits per heavy atom. The summed E-state index contributed by atoms with van der Waals surface area (Å²) >= 11 is 1.56. The molecule has 3 aromatic rings. The van der Waals surface area contributed by atoms with E-state index < -0.39 is 0 Å². The molecule has 31 heavy (non-hydrogen) atoms. The highest BCUT2D eigenvalue weighted by atomic mass is 32.1. The van der Waals surface area contributed by atoms with Gasteiger partial charge in [0.1, 0.15) is 11.8 Å². The molecule has 0 saturated carbocycles. The zero-order valence-corrected chi connectivity index (χ0v) is 19.2. The first-order chi connectivity index (χ1) is 15.1. The largest absolute Gasteiger partial charge is 0.495 e. The Morgan fingerprint density at radius 3 is 2.55 bits per heavy atom. The second-order valence-corrected chi connectivity index (χ2v) is 8.72. The van der Waals surface area contributed by atoms with Gasteiger partial charge in [0.15, 0.2) is 5.13 Å². The van der Waals surface area contributed by atoms with E-state index in [0.717, 1.165) is 53.8 Å². The van der Waals surface area contributed by atoms with Crippen LogP contribution in [0.1, 0.15) is 31.7 Å². The van der Waals surface area contributed by atoms with Crippen LogP contribution in [0.25, 0.3) is 11.3 Å². The molecule has 1 atom stereocenters. The van der Waals surface area contributed by atoms with E-state index in [9.17, 15) is 4.79 Å². The van der Waals surface area contributed by atoms with Gasteiger partial charge >= 0.3 is 0 Å². The molecule has 0 radical (unpaired) electrons. The lowest BCUT2D eigenvalue weighted by atomic mass is 10.1. The number of amides is 1. The maximum absolute atomic E-state index is 13.5. The number of hydrogen-bond acceptors (Lipinski definition) is 5. The molecule has 0 aliphatic carbocycles. The number of benzene rings is 2. The van der Waals surface area contributed by atoms with Gasteiger partial charge in [0, 0.05) is 24.0 Å². The lowest BCUT2D eigenvalue weighted by Gasteiger charge is -2.33. The van der Waals surface area contributed by atoms with Gasteiger partial charge in [0.2, 0.25) is 5.91 Å². The van der Waals surface area contributed by atoms with Crippen molar-refractivity contribution in [1.82, 2.24) is 9.88 Å². The van der Waals surface area contributed by atoms with Crippen LogP contribution < -0.4 is 9.64 Å². The lowest BCUT2D eigenvalue weighted by molar-refractivity contribution is -0.131. The summed E-state index contributed by atoms with van der Waals surface area (Å²) in [6.45, 7) is 5.81. The zero-order chi connectivity index (χ0) is 21.8. The highest BCUT2D eigenvalue weighted by Gasteiger charge is 2.34. The van der Waals surface area contributed by atoms with Crippen molar-refractivity contribution < 1.29 is 9.53 Å². The van der Waals surface area contributed by atoms with E-state index >= 15 is 0 Å². The average Bonchev–Trinajstić information content (AvgIpc) is 3.50. The van der Waals surface area contributed by atoms with Gasteiger partial charge in [-0.05, 0) is 38.3 Å². The Balaban J connectivity index is 1.77. The monoisotopic (exact) mass is 435 g/mol. The van der Waals surface area contributed by atoms with E-state index in [0.29, 0.717) is 6.42 Å². The molecule has 2 heterocycles. The van der Waals surface area contributed by atoms with Crippen molar-refractivity contribution in [1.29, 1.82) is 0 Å². The summed E-state index contributed by atoms with van der Waals surface area (Å²) in [4.78, 5) is 22.5. The number of rotatable bonds is 7. The molecule has 1 amide bonds. The minimum absolute atomic E-state index is 0.165. The Labute approximate surface area is 188 Å². The van der Waals surface area contributed by atoms with Crippen LogP contribution in [0.15, 0.2) is 53.9 Å². The number of nitrogens with zero attached hydrogens (tertiary/aromatic N) is 3. The standard InChI is InChI=1S/C25H29N3O2S/c1-4-21(24(29)27-15-7-8-16-27)28(22-9-5-6-10-23(22)30-3)25-26-20(17-31-25)19-13-11-18(2)12-14-19/h5-6,9-14,17,21H,4,7-8,15-16H2,1-3H3.